The first-order chi connectivity index (χ1) is 13.5. The van der Waals surface area contributed by atoms with Crippen LogP contribution in [0.25, 0.3) is 5.52 Å². The number of benzene rings is 1. The van der Waals surface area contributed by atoms with E-state index in [1.807, 2.05) is 54.3 Å². The predicted octanol–water partition coefficient (Wildman–Crippen LogP) is 3.77. The summed E-state index contributed by atoms with van der Waals surface area (Å²) >= 11 is 0. The molecule has 1 fully saturated rings. The van der Waals surface area contributed by atoms with E-state index in [2.05, 4.69) is 17.2 Å². The number of rotatable bonds is 3. The molecule has 1 aromatic carbocycles. The molecule has 4 rings (SSSR count). The first-order valence-electron chi connectivity index (χ1n) is 9.68. The second-order valence-corrected chi connectivity index (χ2v) is 7.48. The molecular weight excluding hydrogens is 352 g/mol. The lowest BCUT2D eigenvalue weighted by molar-refractivity contribution is 0.0684. The number of carbonyl (C=O) groups excluding carboxylic acids is 2. The van der Waals surface area contributed by atoms with Crippen molar-refractivity contribution >= 4 is 23.0 Å². The van der Waals surface area contributed by atoms with E-state index in [0.717, 1.165) is 37.2 Å². The molecule has 144 valence electrons. The fraction of sp³-hybridized carbons (Fsp3) is 0.318. The fourth-order valence-electron chi connectivity index (χ4n) is 3.60. The minimum atomic E-state index is -0.315. The number of hydrogen-bond donors (Lipinski definition) is 1. The van der Waals surface area contributed by atoms with Gasteiger partial charge < -0.3 is 10.2 Å². The van der Waals surface area contributed by atoms with Gasteiger partial charge >= 0.3 is 0 Å². The third-order valence-electron chi connectivity index (χ3n) is 5.42. The monoisotopic (exact) mass is 376 g/mol. The summed E-state index contributed by atoms with van der Waals surface area (Å²) in [4.78, 5) is 32.3. The molecule has 3 heterocycles. The summed E-state index contributed by atoms with van der Waals surface area (Å²) in [6.07, 6.45) is 3.78. The van der Waals surface area contributed by atoms with Crippen LogP contribution in [-0.2, 0) is 0 Å². The first-order valence-corrected chi connectivity index (χ1v) is 9.68. The average Bonchev–Trinajstić information content (AvgIpc) is 3.10. The Morgan fingerprint density at radius 3 is 2.54 bits per heavy atom. The number of imidazole rings is 1. The molecule has 1 aliphatic heterocycles. The molecule has 28 heavy (non-hydrogen) atoms. The number of carbonyl (C=O) groups is 2. The Bertz CT molecular complexity index is 1030. The molecule has 0 spiro atoms. The Balaban J connectivity index is 1.67. The first kappa shape index (κ1) is 18.2. The third-order valence-corrected chi connectivity index (χ3v) is 5.42. The van der Waals surface area contributed by atoms with Gasteiger partial charge in [-0.3, -0.25) is 14.0 Å². The molecule has 0 bridgehead atoms. The van der Waals surface area contributed by atoms with Gasteiger partial charge in [-0.2, -0.15) is 0 Å². The lowest BCUT2D eigenvalue weighted by atomic mass is 9.99. The Morgan fingerprint density at radius 1 is 1.07 bits per heavy atom. The van der Waals surface area contributed by atoms with Gasteiger partial charge in [-0.15, -0.1) is 0 Å². The fourth-order valence-corrected chi connectivity index (χ4v) is 3.60. The number of aryl methyl sites for hydroxylation is 1. The molecule has 1 aliphatic rings. The SMILES string of the molecule is Cc1ccccc1NC(=O)c1nc(C(=O)N2CCC(C)CC2)n2ccccc12. The molecule has 0 unspecified atom stereocenters. The molecule has 0 atom stereocenters. The molecule has 0 radical (unpaired) electrons. The highest BCUT2D eigenvalue weighted by Gasteiger charge is 2.27. The highest BCUT2D eigenvalue weighted by Crippen LogP contribution is 2.21. The maximum atomic E-state index is 13.1. The van der Waals surface area contributed by atoms with Crippen LogP contribution in [0.2, 0.25) is 0 Å². The number of nitrogens with zero attached hydrogens (tertiary/aromatic N) is 3. The van der Waals surface area contributed by atoms with Crippen molar-refractivity contribution in [2.45, 2.75) is 26.7 Å². The molecular formula is C22H24N4O2. The zero-order valence-electron chi connectivity index (χ0n) is 16.2. The number of anilines is 1. The van der Waals surface area contributed by atoms with E-state index in [1.165, 1.54) is 0 Å². The molecule has 2 aromatic heterocycles. The number of pyridine rings is 1. The normalized spacial score (nSPS) is 15.0. The van der Waals surface area contributed by atoms with Crippen LogP contribution in [0, 0.1) is 12.8 Å². The van der Waals surface area contributed by atoms with Crippen molar-refractivity contribution in [3.63, 3.8) is 0 Å². The predicted molar refractivity (Wildman–Crippen MR) is 109 cm³/mol. The lowest BCUT2D eigenvalue weighted by Crippen LogP contribution is -2.38. The van der Waals surface area contributed by atoms with Crippen LogP contribution < -0.4 is 5.32 Å². The van der Waals surface area contributed by atoms with Crippen molar-refractivity contribution in [2.24, 2.45) is 5.92 Å². The number of fused-ring (bicyclic) bond motifs is 1. The van der Waals surface area contributed by atoms with Crippen LogP contribution in [-0.4, -0.2) is 39.2 Å². The molecule has 6 nitrogen and oxygen atoms in total. The van der Waals surface area contributed by atoms with Gasteiger partial charge in [0.25, 0.3) is 11.8 Å². The summed E-state index contributed by atoms with van der Waals surface area (Å²) < 4.78 is 1.72. The van der Waals surface area contributed by atoms with Crippen molar-refractivity contribution < 1.29 is 9.59 Å². The van der Waals surface area contributed by atoms with Crippen LogP contribution in [0.5, 0.6) is 0 Å². The number of nitrogens with one attached hydrogen (secondary N) is 1. The highest BCUT2D eigenvalue weighted by molar-refractivity contribution is 6.09. The number of para-hydroxylation sites is 1. The largest absolute Gasteiger partial charge is 0.336 e. The molecule has 3 aromatic rings. The Morgan fingerprint density at radius 2 is 1.79 bits per heavy atom. The van der Waals surface area contributed by atoms with Crippen LogP contribution >= 0.6 is 0 Å². The number of aromatic nitrogens is 2. The van der Waals surface area contributed by atoms with Crippen LogP contribution in [0.15, 0.2) is 48.7 Å². The van der Waals surface area contributed by atoms with Gasteiger partial charge in [0.15, 0.2) is 5.69 Å². The van der Waals surface area contributed by atoms with Gasteiger partial charge in [-0.1, -0.05) is 31.2 Å². The summed E-state index contributed by atoms with van der Waals surface area (Å²) in [5.41, 5.74) is 2.60. The topological polar surface area (TPSA) is 66.7 Å². The van der Waals surface area contributed by atoms with E-state index in [4.69, 9.17) is 0 Å². The average molecular weight is 376 g/mol. The van der Waals surface area contributed by atoms with Gasteiger partial charge in [-0.05, 0) is 49.4 Å². The van der Waals surface area contributed by atoms with Gasteiger partial charge in [0.1, 0.15) is 0 Å². The minimum absolute atomic E-state index is 0.122. The highest BCUT2D eigenvalue weighted by atomic mass is 16.2. The molecule has 6 heteroatoms. The molecule has 1 N–H and O–H groups in total. The smallest absolute Gasteiger partial charge is 0.290 e. The van der Waals surface area contributed by atoms with E-state index in [0.29, 0.717) is 17.3 Å². The van der Waals surface area contributed by atoms with E-state index in [1.54, 1.807) is 10.6 Å². The van der Waals surface area contributed by atoms with Crippen molar-refractivity contribution in [2.75, 3.05) is 18.4 Å². The summed E-state index contributed by atoms with van der Waals surface area (Å²) in [6.45, 7) is 5.60. The van der Waals surface area contributed by atoms with E-state index in [9.17, 15) is 9.59 Å². The third kappa shape index (κ3) is 3.38. The maximum absolute atomic E-state index is 13.1. The van der Waals surface area contributed by atoms with E-state index >= 15 is 0 Å². The zero-order chi connectivity index (χ0) is 19.7. The van der Waals surface area contributed by atoms with Gasteiger partial charge in [-0.25, -0.2) is 4.98 Å². The van der Waals surface area contributed by atoms with Gasteiger partial charge in [0, 0.05) is 25.0 Å². The standard InChI is InChI=1S/C22H24N4O2/c1-15-10-13-25(14-11-15)22(28)20-24-19(18-9-5-6-12-26(18)20)21(27)23-17-8-4-3-7-16(17)2/h3-9,12,15H,10-11,13-14H2,1-2H3,(H,23,27). The number of hydrogen-bond acceptors (Lipinski definition) is 3. The minimum Gasteiger partial charge on any atom is -0.336 e. The van der Waals surface area contributed by atoms with Crippen LogP contribution in [0.4, 0.5) is 5.69 Å². The zero-order valence-corrected chi connectivity index (χ0v) is 16.2. The molecule has 1 saturated heterocycles. The summed E-state index contributed by atoms with van der Waals surface area (Å²) in [7, 11) is 0. The van der Waals surface area contributed by atoms with Crippen LogP contribution in [0.3, 0.4) is 0 Å². The molecule has 0 aliphatic carbocycles. The van der Waals surface area contributed by atoms with Gasteiger partial charge in [0.05, 0.1) is 5.52 Å². The molecule has 0 saturated carbocycles. The quantitative estimate of drug-likeness (QED) is 0.757. The van der Waals surface area contributed by atoms with Crippen LogP contribution in [0.1, 0.15) is 46.4 Å². The van der Waals surface area contributed by atoms with Crippen molar-refractivity contribution in [1.82, 2.24) is 14.3 Å². The summed E-state index contributed by atoms with van der Waals surface area (Å²) in [5, 5.41) is 2.92. The number of likely N-dealkylation sites (tertiary alicyclic amines) is 1. The van der Waals surface area contributed by atoms with Crippen molar-refractivity contribution in [3.05, 3.63) is 65.7 Å². The number of amides is 2. The van der Waals surface area contributed by atoms with Gasteiger partial charge in [0.2, 0.25) is 5.82 Å². The van der Waals surface area contributed by atoms with E-state index in [-0.39, 0.29) is 17.5 Å². The second-order valence-electron chi connectivity index (χ2n) is 7.48. The Labute approximate surface area is 164 Å². The second kappa shape index (κ2) is 7.46. The maximum Gasteiger partial charge on any atom is 0.290 e. The number of piperidine rings is 1. The Kier molecular flexibility index (Phi) is 4.86. The molecule has 2 amide bonds. The summed E-state index contributed by atoms with van der Waals surface area (Å²) in [5.74, 6) is 0.490. The van der Waals surface area contributed by atoms with E-state index < -0.39 is 0 Å². The summed E-state index contributed by atoms with van der Waals surface area (Å²) in [6, 6.07) is 13.1. The van der Waals surface area contributed by atoms with Crippen molar-refractivity contribution in [1.29, 1.82) is 0 Å². The van der Waals surface area contributed by atoms with Crippen molar-refractivity contribution in [3.8, 4) is 0 Å². The Hall–Kier alpha value is -3.15. The lowest BCUT2D eigenvalue weighted by Gasteiger charge is -2.29.